The molecule has 1 heterocycles. The van der Waals surface area contributed by atoms with Gasteiger partial charge in [0.25, 0.3) is 0 Å². The fraction of sp³-hybridized carbons (Fsp3) is 0.0833. The Morgan fingerprint density at radius 2 is 1.27 bits per heavy atom. The summed E-state index contributed by atoms with van der Waals surface area (Å²) in [6.45, 7) is 0. The van der Waals surface area contributed by atoms with Crippen molar-refractivity contribution in [3.63, 3.8) is 0 Å². The van der Waals surface area contributed by atoms with Crippen LogP contribution in [-0.4, -0.2) is 4.98 Å². The number of alkyl halides is 3. The van der Waals surface area contributed by atoms with Gasteiger partial charge in [-0.25, -0.2) is 4.98 Å². The third-order valence-corrected chi connectivity index (χ3v) is 5.73. The highest BCUT2D eigenvalue weighted by atomic mass is 127. The van der Waals surface area contributed by atoms with E-state index in [2.05, 4.69) is 4.98 Å². The van der Waals surface area contributed by atoms with Crippen molar-refractivity contribution in [1.82, 2.24) is 4.98 Å². The molecule has 0 aliphatic rings. The van der Waals surface area contributed by atoms with E-state index in [0.29, 0.717) is 3.57 Å². The van der Waals surface area contributed by atoms with Crippen molar-refractivity contribution in [1.29, 1.82) is 0 Å². The van der Waals surface area contributed by atoms with E-state index in [4.69, 9.17) is 58.0 Å². The Hall–Kier alpha value is 0.340. The van der Waals surface area contributed by atoms with Crippen LogP contribution in [0.2, 0.25) is 25.1 Å². The minimum Gasteiger partial charge on any atom is -0.242 e. The standard InChI is InChI=1S/C12H2Cl5F3IN/c13-6-5(7(14)9(16)10(17)8(6)15)11-3(21)1-2-4(22-11)12(18,19)20/h1-2H. The minimum atomic E-state index is -4.61. The average molecular weight is 521 g/mol. The molecule has 0 spiro atoms. The molecule has 0 bridgehead atoms. The van der Waals surface area contributed by atoms with E-state index in [9.17, 15) is 13.2 Å². The molecule has 0 unspecified atom stereocenters. The number of halogens is 9. The lowest BCUT2D eigenvalue weighted by Gasteiger charge is -2.15. The van der Waals surface area contributed by atoms with E-state index >= 15 is 0 Å². The quantitative estimate of drug-likeness (QED) is 0.214. The Kier molecular flexibility index (Phi) is 5.68. The fourth-order valence-electron chi connectivity index (χ4n) is 1.59. The highest BCUT2D eigenvalue weighted by Gasteiger charge is 2.34. The van der Waals surface area contributed by atoms with Crippen molar-refractivity contribution >= 4 is 80.6 Å². The predicted octanol–water partition coefficient (Wildman–Crippen LogP) is 7.64. The Morgan fingerprint density at radius 3 is 1.73 bits per heavy atom. The van der Waals surface area contributed by atoms with Crippen molar-refractivity contribution in [2.24, 2.45) is 0 Å². The van der Waals surface area contributed by atoms with E-state index in [0.717, 1.165) is 6.07 Å². The lowest BCUT2D eigenvalue weighted by molar-refractivity contribution is -0.141. The molecule has 0 fully saturated rings. The third-order valence-electron chi connectivity index (χ3n) is 2.58. The first kappa shape index (κ1) is 18.7. The first-order valence-electron chi connectivity index (χ1n) is 5.31. The third kappa shape index (κ3) is 3.39. The molecular weight excluding hydrogens is 519 g/mol. The van der Waals surface area contributed by atoms with E-state index in [1.807, 2.05) is 22.6 Å². The number of pyridine rings is 1. The molecule has 0 radical (unpaired) electrons. The SMILES string of the molecule is FC(F)(F)c1ccc(I)c(-c2c(Cl)c(Cl)c(Cl)c(Cl)c2Cl)n1. The number of hydrogen-bond donors (Lipinski definition) is 0. The molecular formula is C12H2Cl5F3IN. The normalized spacial score (nSPS) is 11.9. The van der Waals surface area contributed by atoms with Gasteiger partial charge in [-0.1, -0.05) is 58.0 Å². The van der Waals surface area contributed by atoms with Crippen LogP contribution in [0.5, 0.6) is 0 Å². The Balaban J connectivity index is 2.83. The second-order valence-electron chi connectivity index (χ2n) is 3.97. The van der Waals surface area contributed by atoms with Gasteiger partial charge in [0.15, 0.2) is 0 Å². The van der Waals surface area contributed by atoms with Gasteiger partial charge in [-0.05, 0) is 34.7 Å². The molecule has 22 heavy (non-hydrogen) atoms. The summed E-state index contributed by atoms with van der Waals surface area (Å²) in [6.07, 6.45) is -4.61. The van der Waals surface area contributed by atoms with Crippen LogP contribution < -0.4 is 0 Å². The summed E-state index contributed by atoms with van der Waals surface area (Å²) in [6, 6.07) is 2.10. The summed E-state index contributed by atoms with van der Waals surface area (Å²) in [5.74, 6) is 0. The average Bonchev–Trinajstić information content (AvgIpc) is 2.44. The summed E-state index contributed by atoms with van der Waals surface area (Å²) < 4.78 is 38.9. The van der Waals surface area contributed by atoms with Crippen LogP contribution in [0.25, 0.3) is 11.3 Å². The number of aromatic nitrogens is 1. The van der Waals surface area contributed by atoms with Gasteiger partial charge in [0.05, 0.1) is 30.8 Å². The van der Waals surface area contributed by atoms with Gasteiger partial charge < -0.3 is 0 Å². The minimum absolute atomic E-state index is 0.00164. The summed E-state index contributed by atoms with van der Waals surface area (Å²) in [7, 11) is 0. The Labute approximate surface area is 161 Å². The topological polar surface area (TPSA) is 12.9 Å². The van der Waals surface area contributed by atoms with Crippen molar-refractivity contribution in [2.75, 3.05) is 0 Å². The van der Waals surface area contributed by atoms with Crippen LogP contribution in [-0.2, 0) is 6.18 Å². The van der Waals surface area contributed by atoms with E-state index in [1.54, 1.807) is 0 Å². The van der Waals surface area contributed by atoms with Crippen molar-refractivity contribution in [3.05, 3.63) is 46.5 Å². The van der Waals surface area contributed by atoms with Gasteiger partial charge in [-0.15, -0.1) is 0 Å². The molecule has 118 valence electrons. The molecule has 0 saturated heterocycles. The second kappa shape index (κ2) is 6.69. The van der Waals surface area contributed by atoms with Gasteiger partial charge >= 0.3 is 6.18 Å². The van der Waals surface area contributed by atoms with Crippen LogP contribution in [0.3, 0.4) is 0 Å². The monoisotopic (exact) mass is 519 g/mol. The van der Waals surface area contributed by atoms with Gasteiger partial charge in [0.2, 0.25) is 0 Å². The van der Waals surface area contributed by atoms with Gasteiger partial charge in [0, 0.05) is 9.13 Å². The molecule has 0 saturated carbocycles. The van der Waals surface area contributed by atoms with Crippen molar-refractivity contribution in [3.8, 4) is 11.3 Å². The summed E-state index contributed by atoms with van der Waals surface area (Å²) in [5.41, 5.74) is -1.17. The first-order valence-corrected chi connectivity index (χ1v) is 8.28. The molecule has 1 aromatic carbocycles. The summed E-state index contributed by atoms with van der Waals surface area (Å²) in [5, 5.41) is -0.536. The summed E-state index contributed by atoms with van der Waals surface area (Å²) in [4.78, 5) is 3.59. The maximum atomic E-state index is 12.8. The number of hydrogen-bond acceptors (Lipinski definition) is 1. The van der Waals surface area contributed by atoms with E-state index in [-0.39, 0.29) is 36.4 Å². The van der Waals surface area contributed by atoms with E-state index in [1.165, 1.54) is 6.07 Å². The maximum absolute atomic E-state index is 12.8. The maximum Gasteiger partial charge on any atom is 0.433 e. The molecule has 1 nitrogen and oxygen atoms in total. The predicted molar refractivity (Wildman–Crippen MR) is 92.4 cm³/mol. The summed E-state index contributed by atoms with van der Waals surface area (Å²) >= 11 is 31.7. The zero-order valence-electron chi connectivity index (χ0n) is 10.0. The number of benzene rings is 1. The molecule has 0 atom stereocenters. The van der Waals surface area contributed by atoms with Crippen LogP contribution in [0.1, 0.15) is 5.69 Å². The highest BCUT2D eigenvalue weighted by molar-refractivity contribution is 14.1. The molecule has 1 aromatic heterocycles. The van der Waals surface area contributed by atoms with Crippen LogP contribution >= 0.6 is 80.6 Å². The molecule has 0 amide bonds. The largest absolute Gasteiger partial charge is 0.433 e. The molecule has 0 N–H and O–H groups in total. The smallest absolute Gasteiger partial charge is 0.242 e. The molecule has 0 aliphatic heterocycles. The number of nitrogens with zero attached hydrogens (tertiary/aromatic N) is 1. The van der Waals surface area contributed by atoms with Crippen LogP contribution in [0.4, 0.5) is 13.2 Å². The van der Waals surface area contributed by atoms with Crippen LogP contribution in [0.15, 0.2) is 12.1 Å². The first-order chi connectivity index (χ1) is 10.1. The molecule has 2 rings (SSSR count). The van der Waals surface area contributed by atoms with Gasteiger partial charge in [-0.3, -0.25) is 0 Å². The fourth-order valence-corrected chi connectivity index (χ4v) is 3.48. The zero-order valence-corrected chi connectivity index (χ0v) is 15.9. The van der Waals surface area contributed by atoms with Crippen molar-refractivity contribution < 1.29 is 13.2 Å². The molecule has 2 aromatic rings. The van der Waals surface area contributed by atoms with Crippen LogP contribution in [0, 0.1) is 3.57 Å². The van der Waals surface area contributed by atoms with E-state index < -0.39 is 11.9 Å². The highest BCUT2D eigenvalue weighted by Crippen LogP contribution is 2.48. The second-order valence-corrected chi connectivity index (χ2v) is 7.02. The van der Waals surface area contributed by atoms with Gasteiger partial charge in [0.1, 0.15) is 5.69 Å². The number of rotatable bonds is 1. The Morgan fingerprint density at radius 1 is 0.818 bits per heavy atom. The Bertz CT molecular complexity index is 734. The van der Waals surface area contributed by atoms with Crippen molar-refractivity contribution in [2.45, 2.75) is 6.18 Å². The molecule has 0 aliphatic carbocycles. The lowest BCUT2D eigenvalue weighted by Crippen LogP contribution is -2.09. The molecule has 10 heteroatoms. The lowest BCUT2D eigenvalue weighted by atomic mass is 10.1. The zero-order chi connectivity index (χ0) is 16.8. The van der Waals surface area contributed by atoms with Gasteiger partial charge in [-0.2, -0.15) is 13.2 Å².